The highest BCUT2D eigenvalue weighted by Crippen LogP contribution is 2.24. The molecule has 0 aromatic heterocycles. The van der Waals surface area contributed by atoms with Gasteiger partial charge in [0, 0.05) is 11.0 Å². The monoisotopic (exact) mass is 358 g/mol. The Hall–Kier alpha value is -1.65. The van der Waals surface area contributed by atoms with E-state index in [9.17, 15) is 4.79 Å². The molecule has 4 heteroatoms. The van der Waals surface area contributed by atoms with Crippen LogP contribution in [0.25, 0.3) is 0 Å². The van der Waals surface area contributed by atoms with Gasteiger partial charge in [-0.1, -0.05) is 58.4 Å². The molecule has 0 spiro atoms. The number of carbonyl (C=O) groups is 1. The first kappa shape index (κ1) is 15.3. The minimum Gasteiger partial charge on any atom is -0.345 e. The van der Waals surface area contributed by atoms with Crippen molar-refractivity contribution in [3.05, 3.63) is 70.2 Å². The van der Waals surface area contributed by atoms with Gasteiger partial charge in [-0.05, 0) is 36.2 Å². The molecule has 0 radical (unpaired) electrons. The lowest BCUT2D eigenvalue weighted by Crippen LogP contribution is -2.35. The Kier molecular flexibility index (Phi) is 4.90. The standard InChI is InChI=1S/C18H19BrN2O/c19-16-8-6-14(7-9-16)17(13-4-2-1-3-5-13)21-18(22)15-10-11-20-12-15/h1-9,15,17,20H,10-12H2,(H,21,22). The van der Waals surface area contributed by atoms with Crippen molar-refractivity contribution in [2.24, 2.45) is 5.92 Å². The summed E-state index contributed by atoms with van der Waals surface area (Å²) in [5.74, 6) is 0.198. The molecule has 114 valence electrons. The van der Waals surface area contributed by atoms with Gasteiger partial charge in [0.1, 0.15) is 0 Å². The molecule has 2 aromatic carbocycles. The number of rotatable bonds is 4. The second-order valence-electron chi connectivity index (χ2n) is 5.59. The minimum absolute atomic E-state index is 0.0710. The first-order valence-electron chi connectivity index (χ1n) is 7.55. The summed E-state index contributed by atoms with van der Waals surface area (Å²) in [7, 11) is 0. The Balaban J connectivity index is 1.86. The minimum atomic E-state index is -0.109. The first-order chi connectivity index (χ1) is 10.7. The SMILES string of the molecule is O=C(NC(c1ccccc1)c1ccc(Br)cc1)C1CCNC1. The Labute approximate surface area is 139 Å². The molecule has 3 rings (SSSR count). The molecule has 0 aliphatic carbocycles. The number of hydrogen-bond donors (Lipinski definition) is 2. The summed E-state index contributed by atoms with van der Waals surface area (Å²) < 4.78 is 1.04. The topological polar surface area (TPSA) is 41.1 Å². The maximum absolute atomic E-state index is 12.5. The smallest absolute Gasteiger partial charge is 0.225 e. The number of halogens is 1. The average Bonchev–Trinajstić information content (AvgIpc) is 3.09. The lowest BCUT2D eigenvalue weighted by Gasteiger charge is -2.22. The van der Waals surface area contributed by atoms with E-state index in [0.717, 1.165) is 35.1 Å². The first-order valence-corrected chi connectivity index (χ1v) is 8.35. The molecule has 0 bridgehead atoms. The van der Waals surface area contributed by atoms with Crippen molar-refractivity contribution in [1.82, 2.24) is 10.6 Å². The Bertz CT molecular complexity index is 621. The number of nitrogens with one attached hydrogen (secondary N) is 2. The summed E-state index contributed by atoms with van der Waals surface area (Å²) in [5, 5.41) is 6.46. The summed E-state index contributed by atoms with van der Waals surface area (Å²) in [4.78, 5) is 12.5. The van der Waals surface area contributed by atoms with Crippen LogP contribution in [0, 0.1) is 5.92 Å². The number of hydrogen-bond acceptors (Lipinski definition) is 2. The van der Waals surface area contributed by atoms with Crippen LogP contribution >= 0.6 is 15.9 Å². The molecule has 1 amide bonds. The highest BCUT2D eigenvalue weighted by molar-refractivity contribution is 9.10. The van der Waals surface area contributed by atoms with Crippen LogP contribution in [0.15, 0.2) is 59.1 Å². The van der Waals surface area contributed by atoms with Gasteiger partial charge < -0.3 is 10.6 Å². The second-order valence-corrected chi connectivity index (χ2v) is 6.51. The van der Waals surface area contributed by atoms with Gasteiger partial charge in [0.05, 0.1) is 12.0 Å². The summed E-state index contributed by atoms with van der Waals surface area (Å²) in [6.07, 6.45) is 0.910. The fourth-order valence-corrected chi connectivity index (χ4v) is 3.06. The van der Waals surface area contributed by atoms with Gasteiger partial charge >= 0.3 is 0 Å². The number of carbonyl (C=O) groups excluding carboxylic acids is 1. The number of benzene rings is 2. The van der Waals surface area contributed by atoms with E-state index in [0.29, 0.717) is 0 Å². The van der Waals surface area contributed by atoms with Crippen LogP contribution in [0.5, 0.6) is 0 Å². The molecule has 22 heavy (non-hydrogen) atoms. The highest BCUT2D eigenvalue weighted by Gasteiger charge is 2.25. The van der Waals surface area contributed by atoms with Gasteiger partial charge in [0.25, 0.3) is 0 Å². The quantitative estimate of drug-likeness (QED) is 0.880. The van der Waals surface area contributed by atoms with Crippen LogP contribution in [0.3, 0.4) is 0 Å². The van der Waals surface area contributed by atoms with E-state index >= 15 is 0 Å². The third-order valence-corrected chi connectivity index (χ3v) is 4.58. The molecule has 3 nitrogen and oxygen atoms in total. The molecule has 2 aromatic rings. The fraction of sp³-hybridized carbons (Fsp3) is 0.278. The summed E-state index contributed by atoms with van der Waals surface area (Å²) in [6, 6.07) is 18.1. The molecule has 1 heterocycles. The zero-order valence-electron chi connectivity index (χ0n) is 12.3. The van der Waals surface area contributed by atoms with Crippen LogP contribution < -0.4 is 10.6 Å². The fourth-order valence-electron chi connectivity index (χ4n) is 2.80. The van der Waals surface area contributed by atoms with Crippen molar-refractivity contribution in [2.75, 3.05) is 13.1 Å². The zero-order chi connectivity index (χ0) is 15.4. The van der Waals surface area contributed by atoms with Gasteiger partial charge in [-0.3, -0.25) is 4.79 Å². The van der Waals surface area contributed by atoms with E-state index in [1.54, 1.807) is 0 Å². The van der Waals surface area contributed by atoms with Crippen LogP contribution in [-0.4, -0.2) is 19.0 Å². The molecule has 2 atom stereocenters. The molecular formula is C18H19BrN2O. The molecular weight excluding hydrogens is 340 g/mol. The second kappa shape index (κ2) is 7.07. The van der Waals surface area contributed by atoms with E-state index in [-0.39, 0.29) is 17.9 Å². The van der Waals surface area contributed by atoms with Crippen LogP contribution in [0.2, 0.25) is 0 Å². The predicted molar refractivity (Wildman–Crippen MR) is 91.5 cm³/mol. The largest absolute Gasteiger partial charge is 0.345 e. The van der Waals surface area contributed by atoms with E-state index < -0.39 is 0 Å². The molecule has 1 saturated heterocycles. The normalized spacial score (nSPS) is 18.9. The Morgan fingerprint density at radius 1 is 1.09 bits per heavy atom. The van der Waals surface area contributed by atoms with Crippen LogP contribution in [0.4, 0.5) is 0 Å². The maximum Gasteiger partial charge on any atom is 0.225 e. The third kappa shape index (κ3) is 3.57. The van der Waals surface area contributed by atoms with Gasteiger partial charge in [-0.2, -0.15) is 0 Å². The van der Waals surface area contributed by atoms with Gasteiger partial charge in [0.15, 0.2) is 0 Å². The maximum atomic E-state index is 12.5. The van der Waals surface area contributed by atoms with Crippen LogP contribution in [-0.2, 0) is 4.79 Å². The predicted octanol–water partition coefficient (Wildman–Crippen LogP) is 3.26. The lowest BCUT2D eigenvalue weighted by atomic mass is 9.97. The molecule has 0 saturated carbocycles. The number of amides is 1. The van der Waals surface area contributed by atoms with Crippen molar-refractivity contribution in [3.63, 3.8) is 0 Å². The highest BCUT2D eigenvalue weighted by atomic mass is 79.9. The molecule has 2 unspecified atom stereocenters. The summed E-state index contributed by atoms with van der Waals surface area (Å²) in [5.41, 5.74) is 2.19. The third-order valence-electron chi connectivity index (χ3n) is 4.05. The van der Waals surface area contributed by atoms with E-state index in [2.05, 4.69) is 50.8 Å². The van der Waals surface area contributed by atoms with Crippen molar-refractivity contribution in [3.8, 4) is 0 Å². The van der Waals surface area contributed by atoms with Gasteiger partial charge in [-0.15, -0.1) is 0 Å². The summed E-state index contributed by atoms with van der Waals surface area (Å²) in [6.45, 7) is 1.69. The van der Waals surface area contributed by atoms with E-state index in [4.69, 9.17) is 0 Å². The summed E-state index contributed by atoms with van der Waals surface area (Å²) >= 11 is 3.46. The Morgan fingerprint density at radius 2 is 1.77 bits per heavy atom. The van der Waals surface area contributed by atoms with E-state index in [1.807, 2.05) is 30.3 Å². The van der Waals surface area contributed by atoms with Gasteiger partial charge in [-0.25, -0.2) is 0 Å². The lowest BCUT2D eigenvalue weighted by molar-refractivity contribution is -0.124. The van der Waals surface area contributed by atoms with Crippen LogP contribution in [0.1, 0.15) is 23.6 Å². The van der Waals surface area contributed by atoms with E-state index in [1.165, 1.54) is 0 Å². The molecule has 1 aliphatic heterocycles. The van der Waals surface area contributed by atoms with Crippen molar-refractivity contribution in [1.29, 1.82) is 0 Å². The molecule has 2 N–H and O–H groups in total. The van der Waals surface area contributed by atoms with Crippen molar-refractivity contribution in [2.45, 2.75) is 12.5 Å². The Morgan fingerprint density at radius 3 is 2.41 bits per heavy atom. The molecule has 1 fully saturated rings. The van der Waals surface area contributed by atoms with Gasteiger partial charge in [0.2, 0.25) is 5.91 Å². The average molecular weight is 359 g/mol. The van der Waals surface area contributed by atoms with Crippen molar-refractivity contribution < 1.29 is 4.79 Å². The van der Waals surface area contributed by atoms with Crippen molar-refractivity contribution >= 4 is 21.8 Å². The molecule has 1 aliphatic rings. The zero-order valence-corrected chi connectivity index (χ0v) is 13.8.